The van der Waals surface area contributed by atoms with Crippen LogP contribution in [0.25, 0.3) is 33.8 Å². The van der Waals surface area contributed by atoms with Crippen LogP contribution in [0, 0.1) is 0 Å². The molecule has 11 heteroatoms. The molecule has 0 saturated carbocycles. The van der Waals surface area contributed by atoms with Crippen LogP contribution in [0.15, 0.2) is 83.3 Å². The number of nitrogens with one attached hydrogen (secondary N) is 1. The molecule has 0 aliphatic rings. The molecule has 0 saturated heterocycles. The average molecular weight is 586 g/mol. The van der Waals surface area contributed by atoms with Crippen molar-refractivity contribution in [2.75, 3.05) is 32.4 Å². The van der Waals surface area contributed by atoms with Gasteiger partial charge < -0.3 is 19.5 Å². The molecule has 0 spiro atoms. The Labute approximate surface area is 246 Å². The number of benzene rings is 3. The predicted molar refractivity (Wildman–Crippen MR) is 162 cm³/mol. The number of methoxy groups -OCH3 is 3. The third-order valence-electron chi connectivity index (χ3n) is 6.09. The van der Waals surface area contributed by atoms with Crippen LogP contribution in [-0.4, -0.2) is 53.2 Å². The summed E-state index contributed by atoms with van der Waals surface area (Å²) in [6.07, 6.45) is 0.267. The van der Waals surface area contributed by atoms with Gasteiger partial charge in [0.05, 0.1) is 27.0 Å². The van der Waals surface area contributed by atoms with E-state index in [0.717, 1.165) is 39.6 Å². The Morgan fingerprint density at radius 3 is 1.83 bits per heavy atom. The summed E-state index contributed by atoms with van der Waals surface area (Å²) >= 11 is 2.76. The maximum absolute atomic E-state index is 12.6. The number of aromatic nitrogens is 4. The summed E-state index contributed by atoms with van der Waals surface area (Å²) in [4.78, 5) is 22.0. The summed E-state index contributed by atoms with van der Waals surface area (Å²) in [5.74, 6) is 2.63. The van der Waals surface area contributed by atoms with E-state index in [-0.39, 0.29) is 12.3 Å². The largest absolute Gasteiger partial charge is 0.497 e. The van der Waals surface area contributed by atoms with Gasteiger partial charge in [0.15, 0.2) is 5.13 Å². The number of hydrogen-bond acceptors (Lipinski definition) is 10. The van der Waals surface area contributed by atoms with Crippen molar-refractivity contribution in [1.29, 1.82) is 0 Å². The van der Waals surface area contributed by atoms with E-state index in [1.807, 2.05) is 78.2 Å². The van der Waals surface area contributed by atoms with E-state index in [1.165, 1.54) is 23.1 Å². The molecule has 208 valence electrons. The van der Waals surface area contributed by atoms with E-state index in [4.69, 9.17) is 19.2 Å². The van der Waals surface area contributed by atoms with Gasteiger partial charge >= 0.3 is 0 Å². The van der Waals surface area contributed by atoms with Crippen molar-refractivity contribution in [1.82, 2.24) is 20.2 Å². The Hall–Kier alpha value is -4.48. The molecule has 0 radical (unpaired) electrons. The van der Waals surface area contributed by atoms with E-state index in [2.05, 4.69) is 20.5 Å². The second-order valence-electron chi connectivity index (χ2n) is 8.66. The van der Waals surface area contributed by atoms with Gasteiger partial charge in [-0.05, 0) is 72.8 Å². The summed E-state index contributed by atoms with van der Waals surface area (Å²) in [6, 6.07) is 22.9. The minimum absolute atomic E-state index is 0.133. The molecular formula is C30H27N5O4S2. The number of carbonyl (C=O) groups is 1. The van der Waals surface area contributed by atoms with Gasteiger partial charge in [-0.1, -0.05) is 11.8 Å². The van der Waals surface area contributed by atoms with Crippen molar-refractivity contribution in [3.63, 3.8) is 0 Å². The molecule has 0 atom stereocenters. The summed E-state index contributed by atoms with van der Waals surface area (Å²) in [7, 11) is 4.88. The van der Waals surface area contributed by atoms with Crippen LogP contribution in [0.4, 0.5) is 5.13 Å². The number of anilines is 1. The van der Waals surface area contributed by atoms with Crippen molar-refractivity contribution in [2.24, 2.45) is 0 Å². The van der Waals surface area contributed by atoms with Crippen LogP contribution in [-0.2, 0) is 4.79 Å². The molecule has 0 aliphatic heterocycles. The molecule has 0 aliphatic carbocycles. The van der Waals surface area contributed by atoms with E-state index in [9.17, 15) is 4.79 Å². The standard InChI is InChI=1S/C30H27N5O4S2/c1-37-22-10-4-19(5-11-22)25-18-41-29(31-25)32-26(36)16-17-40-30-33-27(20-6-12-23(38-2)13-7-20)28(34-35-30)21-8-14-24(39-3)15-9-21/h4-15,18H,16-17H2,1-3H3,(H,31,32,36). The molecule has 0 bridgehead atoms. The maximum Gasteiger partial charge on any atom is 0.226 e. The highest BCUT2D eigenvalue weighted by Crippen LogP contribution is 2.32. The maximum atomic E-state index is 12.6. The minimum Gasteiger partial charge on any atom is -0.497 e. The summed E-state index contributed by atoms with van der Waals surface area (Å²) in [5, 5.41) is 14.7. The molecule has 5 aromatic rings. The van der Waals surface area contributed by atoms with E-state index < -0.39 is 0 Å². The molecule has 2 aromatic heterocycles. The highest BCUT2D eigenvalue weighted by atomic mass is 32.2. The van der Waals surface area contributed by atoms with E-state index in [0.29, 0.717) is 27.4 Å². The number of thioether (sulfide) groups is 1. The van der Waals surface area contributed by atoms with Gasteiger partial charge in [0.2, 0.25) is 11.1 Å². The lowest BCUT2D eigenvalue weighted by Gasteiger charge is -2.10. The van der Waals surface area contributed by atoms with Crippen LogP contribution >= 0.6 is 23.1 Å². The Morgan fingerprint density at radius 1 is 0.732 bits per heavy atom. The quantitative estimate of drug-likeness (QED) is 0.174. The zero-order valence-electron chi connectivity index (χ0n) is 22.7. The smallest absolute Gasteiger partial charge is 0.226 e. The number of ether oxygens (including phenoxy) is 3. The number of hydrogen-bond donors (Lipinski definition) is 1. The third kappa shape index (κ3) is 7.00. The Kier molecular flexibility index (Phi) is 9.07. The molecule has 3 aromatic carbocycles. The lowest BCUT2D eigenvalue weighted by Crippen LogP contribution is -2.12. The lowest BCUT2D eigenvalue weighted by molar-refractivity contribution is -0.115. The summed E-state index contributed by atoms with van der Waals surface area (Å²) in [6.45, 7) is 0. The van der Waals surface area contributed by atoms with Crippen LogP contribution in [0.1, 0.15) is 6.42 Å². The Balaban J connectivity index is 1.25. The van der Waals surface area contributed by atoms with Crippen LogP contribution in [0.2, 0.25) is 0 Å². The van der Waals surface area contributed by atoms with Gasteiger partial charge in [-0.3, -0.25) is 4.79 Å². The number of thiazole rings is 1. The van der Waals surface area contributed by atoms with Gasteiger partial charge in [0.25, 0.3) is 0 Å². The van der Waals surface area contributed by atoms with E-state index >= 15 is 0 Å². The molecule has 2 heterocycles. The van der Waals surface area contributed by atoms with Gasteiger partial charge in [0, 0.05) is 34.2 Å². The summed E-state index contributed by atoms with van der Waals surface area (Å²) in [5.41, 5.74) is 4.83. The molecule has 5 rings (SSSR count). The van der Waals surface area contributed by atoms with Crippen molar-refractivity contribution in [3.05, 3.63) is 78.2 Å². The first-order valence-electron chi connectivity index (χ1n) is 12.6. The highest BCUT2D eigenvalue weighted by molar-refractivity contribution is 7.99. The molecule has 0 unspecified atom stereocenters. The second kappa shape index (κ2) is 13.2. The third-order valence-corrected chi connectivity index (χ3v) is 7.69. The van der Waals surface area contributed by atoms with E-state index in [1.54, 1.807) is 21.3 Å². The van der Waals surface area contributed by atoms with Crippen molar-refractivity contribution in [2.45, 2.75) is 11.6 Å². The first kappa shape index (κ1) is 28.1. The number of rotatable bonds is 11. The fourth-order valence-corrected chi connectivity index (χ4v) is 5.37. The monoisotopic (exact) mass is 585 g/mol. The molecule has 1 amide bonds. The van der Waals surface area contributed by atoms with Crippen LogP contribution in [0.3, 0.4) is 0 Å². The SMILES string of the molecule is COc1ccc(-c2csc(NC(=O)CCSc3nnc(-c4ccc(OC)cc4)c(-c4ccc(OC)cc4)n3)n2)cc1. The topological polar surface area (TPSA) is 108 Å². The number of nitrogens with zero attached hydrogens (tertiary/aromatic N) is 4. The fraction of sp³-hybridized carbons (Fsp3) is 0.167. The Bertz CT molecular complexity index is 1610. The molecule has 41 heavy (non-hydrogen) atoms. The highest BCUT2D eigenvalue weighted by Gasteiger charge is 2.15. The number of carbonyl (C=O) groups excluding carboxylic acids is 1. The van der Waals surface area contributed by atoms with Gasteiger partial charge in [0.1, 0.15) is 28.6 Å². The van der Waals surface area contributed by atoms with Gasteiger partial charge in [-0.25, -0.2) is 9.97 Å². The normalized spacial score (nSPS) is 10.7. The summed E-state index contributed by atoms with van der Waals surface area (Å²) < 4.78 is 15.8. The van der Waals surface area contributed by atoms with Crippen molar-refractivity contribution < 1.29 is 19.0 Å². The first-order chi connectivity index (χ1) is 20.1. The minimum atomic E-state index is -0.133. The zero-order chi connectivity index (χ0) is 28.6. The Morgan fingerprint density at radius 2 is 1.27 bits per heavy atom. The molecule has 1 N–H and O–H groups in total. The first-order valence-corrected chi connectivity index (χ1v) is 14.5. The molecule has 9 nitrogen and oxygen atoms in total. The average Bonchev–Trinajstić information content (AvgIpc) is 3.49. The van der Waals surface area contributed by atoms with Crippen molar-refractivity contribution >= 4 is 34.1 Å². The predicted octanol–water partition coefficient (Wildman–Crippen LogP) is 6.48. The van der Waals surface area contributed by atoms with Crippen LogP contribution in [0.5, 0.6) is 17.2 Å². The van der Waals surface area contributed by atoms with Crippen LogP contribution < -0.4 is 19.5 Å². The fourth-order valence-electron chi connectivity index (χ4n) is 3.91. The molecule has 0 fully saturated rings. The zero-order valence-corrected chi connectivity index (χ0v) is 24.3. The molecular weight excluding hydrogens is 558 g/mol. The number of amides is 1. The second-order valence-corrected chi connectivity index (χ2v) is 10.6. The van der Waals surface area contributed by atoms with Gasteiger partial charge in [-0.15, -0.1) is 21.5 Å². The van der Waals surface area contributed by atoms with Crippen molar-refractivity contribution in [3.8, 4) is 51.0 Å². The lowest BCUT2D eigenvalue weighted by atomic mass is 10.0. The van der Waals surface area contributed by atoms with Gasteiger partial charge in [-0.2, -0.15) is 0 Å².